The Bertz CT molecular complexity index is 871. The molecule has 0 aromatic heterocycles. The highest BCUT2D eigenvalue weighted by atomic mass is 19.1. The van der Waals surface area contributed by atoms with Crippen molar-refractivity contribution in [3.63, 3.8) is 0 Å². The SMILES string of the molecule is CC(C)c1ccc(C(CC(=O)c2ccccc2)Nc2ccc(F)cc2)cc1. The molecule has 1 unspecified atom stereocenters. The molecule has 3 heteroatoms. The summed E-state index contributed by atoms with van der Waals surface area (Å²) in [6.07, 6.45) is 0.322. The lowest BCUT2D eigenvalue weighted by Crippen LogP contribution is -2.16. The van der Waals surface area contributed by atoms with Crippen LogP contribution in [0.4, 0.5) is 10.1 Å². The first kappa shape index (κ1) is 18.8. The fourth-order valence-electron chi connectivity index (χ4n) is 3.04. The molecule has 27 heavy (non-hydrogen) atoms. The van der Waals surface area contributed by atoms with E-state index in [-0.39, 0.29) is 17.6 Å². The highest BCUT2D eigenvalue weighted by Gasteiger charge is 2.17. The second-order valence-electron chi connectivity index (χ2n) is 7.02. The van der Waals surface area contributed by atoms with Gasteiger partial charge in [0.25, 0.3) is 0 Å². The molecule has 2 nitrogen and oxygen atoms in total. The average molecular weight is 361 g/mol. The minimum absolute atomic E-state index is 0.0724. The van der Waals surface area contributed by atoms with E-state index in [0.29, 0.717) is 17.9 Å². The summed E-state index contributed by atoms with van der Waals surface area (Å²) in [6.45, 7) is 4.31. The maximum absolute atomic E-state index is 13.2. The maximum atomic E-state index is 13.2. The third-order valence-electron chi connectivity index (χ3n) is 4.68. The molecule has 0 amide bonds. The van der Waals surface area contributed by atoms with Crippen LogP contribution in [0, 0.1) is 5.82 Å². The first-order valence-electron chi connectivity index (χ1n) is 9.23. The number of ketones is 1. The van der Waals surface area contributed by atoms with E-state index in [1.165, 1.54) is 17.7 Å². The van der Waals surface area contributed by atoms with E-state index in [9.17, 15) is 9.18 Å². The molecule has 1 N–H and O–H groups in total. The fraction of sp³-hybridized carbons (Fsp3) is 0.208. The number of rotatable bonds is 7. The van der Waals surface area contributed by atoms with Crippen molar-refractivity contribution in [3.8, 4) is 0 Å². The predicted octanol–water partition coefficient (Wildman–Crippen LogP) is 6.38. The highest BCUT2D eigenvalue weighted by Crippen LogP contribution is 2.26. The van der Waals surface area contributed by atoms with Gasteiger partial charge in [-0.05, 0) is 41.3 Å². The first-order chi connectivity index (χ1) is 13.0. The van der Waals surface area contributed by atoms with E-state index in [4.69, 9.17) is 0 Å². The van der Waals surface area contributed by atoms with Crippen LogP contribution in [0.25, 0.3) is 0 Å². The summed E-state index contributed by atoms with van der Waals surface area (Å²) < 4.78 is 13.2. The molecule has 1 atom stereocenters. The maximum Gasteiger partial charge on any atom is 0.165 e. The van der Waals surface area contributed by atoms with Crippen LogP contribution >= 0.6 is 0 Å². The summed E-state index contributed by atoms with van der Waals surface area (Å²) in [5.41, 5.74) is 3.78. The third kappa shape index (κ3) is 5.04. The van der Waals surface area contributed by atoms with Gasteiger partial charge in [0.15, 0.2) is 5.78 Å². The zero-order valence-electron chi connectivity index (χ0n) is 15.7. The lowest BCUT2D eigenvalue weighted by Gasteiger charge is -2.21. The largest absolute Gasteiger partial charge is 0.378 e. The molecule has 3 aromatic carbocycles. The number of carbonyl (C=O) groups excluding carboxylic acids is 1. The summed E-state index contributed by atoms with van der Waals surface area (Å²) in [4.78, 5) is 12.7. The van der Waals surface area contributed by atoms with E-state index in [2.05, 4.69) is 43.4 Å². The average Bonchev–Trinajstić information content (AvgIpc) is 2.70. The topological polar surface area (TPSA) is 29.1 Å². The van der Waals surface area contributed by atoms with Gasteiger partial charge < -0.3 is 5.32 Å². The number of anilines is 1. The van der Waals surface area contributed by atoms with Crippen molar-refractivity contribution in [2.75, 3.05) is 5.32 Å². The molecule has 0 fully saturated rings. The van der Waals surface area contributed by atoms with Gasteiger partial charge in [-0.1, -0.05) is 68.4 Å². The van der Waals surface area contributed by atoms with Crippen molar-refractivity contribution < 1.29 is 9.18 Å². The van der Waals surface area contributed by atoms with Crippen molar-refractivity contribution >= 4 is 11.5 Å². The Balaban J connectivity index is 1.85. The molecule has 0 saturated heterocycles. The Morgan fingerprint density at radius 3 is 2.04 bits per heavy atom. The monoisotopic (exact) mass is 361 g/mol. The van der Waals surface area contributed by atoms with Gasteiger partial charge in [-0.25, -0.2) is 4.39 Å². The second-order valence-corrected chi connectivity index (χ2v) is 7.02. The Morgan fingerprint density at radius 2 is 1.44 bits per heavy atom. The van der Waals surface area contributed by atoms with Gasteiger partial charge in [-0.2, -0.15) is 0 Å². The van der Waals surface area contributed by atoms with Crippen molar-refractivity contribution in [3.05, 3.63) is 101 Å². The minimum Gasteiger partial charge on any atom is -0.378 e. The van der Waals surface area contributed by atoms with Gasteiger partial charge in [-0.15, -0.1) is 0 Å². The third-order valence-corrected chi connectivity index (χ3v) is 4.68. The van der Waals surface area contributed by atoms with Gasteiger partial charge in [0.1, 0.15) is 5.82 Å². The molecule has 0 radical (unpaired) electrons. The molecule has 3 aromatic rings. The van der Waals surface area contributed by atoms with Gasteiger partial charge in [-0.3, -0.25) is 4.79 Å². The molecule has 3 rings (SSSR count). The van der Waals surface area contributed by atoms with E-state index in [1.54, 1.807) is 12.1 Å². The molecular weight excluding hydrogens is 337 g/mol. The van der Waals surface area contributed by atoms with Crippen molar-refractivity contribution in [1.82, 2.24) is 0 Å². The van der Waals surface area contributed by atoms with Gasteiger partial charge in [0.05, 0.1) is 6.04 Å². The Hall–Kier alpha value is -2.94. The van der Waals surface area contributed by atoms with E-state index >= 15 is 0 Å². The highest BCUT2D eigenvalue weighted by molar-refractivity contribution is 5.96. The van der Waals surface area contributed by atoms with Gasteiger partial charge in [0.2, 0.25) is 0 Å². The zero-order valence-corrected chi connectivity index (χ0v) is 15.7. The minimum atomic E-state index is -0.279. The van der Waals surface area contributed by atoms with E-state index in [0.717, 1.165) is 11.3 Å². The smallest absolute Gasteiger partial charge is 0.165 e. The summed E-state index contributed by atoms with van der Waals surface area (Å²) in [5, 5.41) is 3.38. The van der Waals surface area contributed by atoms with Crippen LogP contribution in [-0.4, -0.2) is 5.78 Å². The fourth-order valence-corrected chi connectivity index (χ4v) is 3.04. The lowest BCUT2D eigenvalue weighted by molar-refractivity contribution is 0.0976. The summed E-state index contributed by atoms with van der Waals surface area (Å²) in [6, 6.07) is 23.7. The summed E-state index contributed by atoms with van der Waals surface area (Å²) in [5.74, 6) is 0.246. The predicted molar refractivity (Wildman–Crippen MR) is 109 cm³/mol. The summed E-state index contributed by atoms with van der Waals surface area (Å²) in [7, 11) is 0. The second kappa shape index (κ2) is 8.63. The molecule has 0 spiro atoms. The lowest BCUT2D eigenvalue weighted by atomic mass is 9.95. The number of hydrogen-bond acceptors (Lipinski definition) is 2. The molecule has 0 heterocycles. The van der Waals surface area contributed by atoms with Gasteiger partial charge >= 0.3 is 0 Å². The quantitative estimate of drug-likeness (QED) is 0.495. The number of hydrogen-bond donors (Lipinski definition) is 1. The molecule has 0 bridgehead atoms. The number of carbonyl (C=O) groups is 1. The molecule has 0 saturated carbocycles. The van der Waals surface area contributed by atoms with E-state index in [1.807, 2.05) is 30.3 Å². The van der Waals surface area contributed by atoms with Crippen LogP contribution in [0.15, 0.2) is 78.9 Å². The van der Waals surface area contributed by atoms with Crippen molar-refractivity contribution in [2.45, 2.75) is 32.2 Å². The molecule has 0 aliphatic carbocycles. The number of halogens is 1. The zero-order chi connectivity index (χ0) is 19.2. The van der Waals surface area contributed by atoms with Crippen LogP contribution in [0.3, 0.4) is 0 Å². The Morgan fingerprint density at radius 1 is 0.852 bits per heavy atom. The summed E-state index contributed by atoms with van der Waals surface area (Å²) >= 11 is 0. The first-order valence-corrected chi connectivity index (χ1v) is 9.23. The van der Waals surface area contributed by atoms with E-state index < -0.39 is 0 Å². The normalized spacial score (nSPS) is 12.0. The van der Waals surface area contributed by atoms with Crippen LogP contribution in [0.1, 0.15) is 53.7 Å². The Labute approximate surface area is 160 Å². The van der Waals surface area contributed by atoms with Gasteiger partial charge in [0, 0.05) is 17.7 Å². The molecular formula is C24H24FNO. The molecule has 0 aliphatic rings. The standard InChI is InChI=1S/C24H24FNO/c1-17(2)18-8-10-19(11-9-18)23(26-22-14-12-21(25)13-15-22)16-24(27)20-6-4-3-5-7-20/h3-15,17,23,26H,16H2,1-2H3. The van der Waals surface area contributed by atoms with Crippen LogP contribution in [0.5, 0.6) is 0 Å². The number of nitrogens with one attached hydrogen (secondary N) is 1. The van der Waals surface area contributed by atoms with Crippen LogP contribution < -0.4 is 5.32 Å². The molecule has 0 aliphatic heterocycles. The van der Waals surface area contributed by atoms with Crippen LogP contribution in [0.2, 0.25) is 0 Å². The number of benzene rings is 3. The van der Waals surface area contributed by atoms with Crippen molar-refractivity contribution in [1.29, 1.82) is 0 Å². The van der Waals surface area contributed by atoms with Crippen molar-refractivity contribution in [2.24, 2.45) is 0 Å². The Kier molecular flexibility index (Phi) is 6.02. The number of Topliss-reactive ketones (excluding diaryl/α,β-unsaturated/α-hetero) is 1. The molecule has 138 valence electrons. The van der Waals surface area contributed by atoms with Crippen LogP contribution in [-0.2, 0) is 0 Å².